The van der Waals surface area contributed by atoms with E-state index in [0.29, 0.717) is 13.0 Å². The molecule has 0 aliphatic rings. The maximum Gasteiger partial charge on any atom is 0.207 e. The molecule has 0 heterocycles. The molecule has 3 nitrogen and oxygen atoms in total. The molecule has 0 saturated carbocycles. The molecule has 0 aliphatic carbocycles. The molecule has 2 aromatic rings. The molecule has 0 aromatic heterocycles. The second kappa shape index (κ2) is 6.46. The Morgan fingerprint density at radius 1 is 1.32 bits per heavy atom. The van der Waals surface area contributed by atoms with Crippen LogP contribution in [0.1, 0.15) is 5.56 Å². The predicted octanol–water partition coefficient (Wildman–Crippen LogP) is 2.14. The number of hydrogen-bond donors (Lipinski definition) is 1. The second-order valence-electron chi connectivity index (χ2n) is 4.11. The van der Waals surface area contributed by atoms with Crippen molar-refractivity contribution in [3.8, 4) is 18.1 Å². The van der Waals surface area contributed by atoms with Gasteiger partial charge in [-0.05, 0) is 34.9 Å². The van der Waals surface area contributed by atoms with Gasteiger partial charge >= 0.3 is 0 Å². The Kier molecular flexibility index (Phi) is 4.41. The minimum atomic E-state index is 0.264. The van der Waals surface area contributed by atoms with Gasteiger partial charge in [-0.1, -0.05) is 30.2 Å². The van der Waals surface area contributed by atoms with Gasteiger partial charge in [-0.2, -0.15) is 0 Å². The lowest BCUT2D eigenvalue weighted by Crippen LogP contribution is -2.14. The van der Waals surface area contributed by atoms with Crippen LogP contribution in [0.5, 0.6) is 5.75 Å². The van der Waals surface area contributed by atoms with Gasteiger partial charge < -0.3 is 10.1 Å². The Bertz CT molecular complexity index is 614. The zero-order chi connectivity index (χ0) is 13.5. The standard InChI is InChI=1S/C16H15NO2/c1-2-10-19-15-7-6-13-4-3-5-14(16(13)11-15)8-9-17-12-18/h1,3-7,11-12H,8-10H2,(H,17,18). The lowest BCUT2D eigenvalue weighted by molar-refractivity contribution is -0.109. The summed E-state index contributed by atoms with van der Waals surface area (Å²) in [6, 6.07) is 12.0. The van der Waals surface area contributed by atoms with E-state index in [4.69, 9.17) is 11.2 Å². The quantitative estimate of drug-likeness (QED) is 0.486. The van der Waals surface area contributed by atoms with E-state index in [-0.39, 0.29) is 6.61 Å². The summed E-state index contributed by atoms with van der Waals surface area (Å²) in [4.78, 5) is 10.3. The average molecular weight is 253 g/mol. The van der Waals surface area contributed by atoms with Gasteiger partial charge in [0.1, 0.15) is 12.4 Å². The zero-order valence-corrected chi connectivity index (χ0v) is 10.6. The first kappa shape index (κ1) is 13.0. The van der Waals surface area contributed by atoms with Crippen LogP contribution in [-0.4, -0.2) is 19.6 Å². The smallest absolute Gasteiger partial charge is 0.207 e. The Morgan fingerprint density at radius 3 is 3.00 bits per heavy atom. The van der Waals surface area contributed by atoms with E-state index in [1.54, 1.807) is 0 Å². The molecule has 96 valence electrons. The topological polar surface area (TPSA) is 38.3 Å². The first-order chi connectivity index (χ1) is 9.35. The molecule has 0 spiro atoms. The molecule has 0 fully saturated rings. The fourth-order valence-electron chi connectivity index (χ4n) is 2.02. The third-order valence-electron chi connectivity index (χ3n) is 2.89. The second-order valence-corrected chi connectivity index (χ2v) is 4.11. The van der Waals surface area contributed by atoms with Crippen molar-refractivity contribution in [3.05, 3.63) is 42.0 Å². The highest BCUT2D eigenvalue weighted by atomic mass is 16.5. The summed E-state index contributed by atoms with van der Waals surface area (Å²) in [6.45, 7) is 0.887. The summed E-state index contributed by atoms with van der Waals surface area (Å²) >= 11 is 0. The molecule has 0 radical (unpaired) electrons. The molecule has 0 unspecified atom stereocenters. The van der Waals surface area contributed by atoms with E-state index in [1.165, 1.54) is 5.56 Å². The van der Waals surface area contributed by atoms with E-state index in [2.05, 4.69) is 23.4 Å². The summed E-state index contributed by atoms with van der Waals surface area (Å²) in [7, 11) is 0. The van der Waals surface area contributed by atoms with Crippen LogP contribution in [0.3, 0.4) is 0 Å². The summed E-state index contributed by atoms with van der Waals surface area (Å²) in [5.74, 6) is 3.21. The van der Waals surface area contributed by atoms with E-state index < -0.39 is 0 Å². The molecule has 19 heavy (non-hydrogen) atoms. The molecule has 1 amide bonds. The average Bonchev–Trinajstić information content (AvgIpc) is 2.45. The van der Waals surface area contributed by atoms with Crippen LogP contribution in [0.4, 0.5) is 0 Å². The number of fused-ring (bicyclic) bond motifs is 1. The summed E-state index contributed by atoms with van der Waals surface area (Å²) in [5, 5.41) is 4.95. The zero-order valence-electron chi connectivity index (χ0n) is 10.6. The Morgan fingerprint density at radius 2 is 2.21 bits per heavy atom. The largest absolute Gasteiger partial charge is 0.481 e. The van der Waals surface area contributed by atoms with Crippen molar-refractivity contribution >= 4 is 17.2 Å². The number of carbonyl (C=O) groups is 1. The summed E-state index contributed by atoms with van der Waals surface area (Å²) in [6.07, 6.45) is 6.68. The first-order valence-corrected chi connectivity index (χ1v) is 6.10. The molecular weight excluding hydrogens is 238 g/mol. The molecule has 0 bridgehead atoms. The van der Waals surface area contributed by atoms with Crippen molar-refractivity contribution in [1.82, 2.24) is 5.32 Å². The number of ether oxygens (including phenoxy) is 1. The van der Waals surface area contributed by atoms with Gasteiger partial charge in [0.15, 0.2) is 0 Å². The van der Waals surface area contributed by atoms with Crippen LogP contribution in [0.2, 0.25) is 0 Å². The SMILES string of the molecule is C#CCOc1ccc2cccc(CCNC=O)c2c1. The minimum Gasteiger partial charge on any atom is -0.481 e. The Labute approximate surface area is 112 Å². The number of terminal acetylenes is 1. The number of carbonyl (C=O) groups excluding carboxylic acids is 1. The third-order valence-corrected chi connectivity index (χ3v) is 2.89. The van der Waals surface area contributed by atoms with Crippen molar-refractivity contribution in [2.24, 2.45) is 0 Å². The molecule has 2 aromatic carbocycles. The van der Waals surface area contributed by atoms with Crippen molar-refractivity contribution in [2.45, 2.75) is 6.42 Å². The molecule has 2 rings (SSSR count). The highest BCUT2D eigenvalue weighted by molar-refractivity contribution is 5.87. The fourth-order valence-corrected chi connectivity index (χ4v) is 2.02. The molecule has 3 heteroatoms. The lowest BCUT2D eigenvalue weighted by atomic mass is 10.0. The first-order valence-electron chi connectivity index (χ1n) is 6.10. The molecule has 0 aliphatic heterocycles. The summed E-state index contributed by atoms with van der Waals surface area (Å²) in [5.41, 5.74) is 1.18. The third kappa shape index (κ3) is 3.26. The maximum absolute atomic E-state index is 10.3. The molecular formula is C16H15NO2. The van der Waals surface area contributed by atoms with Crippen molar-refractivity contribution in [2.75, 3.05) is 13.2 Å². The maximum atomic E-state index is 10.3. The monoisotopic (exact) mass is 253 g/mol. The lowest BCUT2D eigenvalue weighted by Gasteiger charge is -2.09. The minimum absolute atomic E-state index is 0.264. The number of amides is 1. The number of hydrogen-bond acceptors (Lipinski definition) is 2. The van der Waals surface area contributed by atoms with Gasteiger partial charge in [-0.15, -0.1) is 6.42 Å². The van der Waals surface area contributed by atoms with Gasteiger partial charge in [-0.3, -0.25) is 4.79 Å². The normalized spacial score (nSPS) is 9.84. The molecule has 1 N–H and O–H groups in total. The van der Waals surface area contributed by atoms with Gasteiger partial charge in [-0.25, -0.2) is 0 Å². The van der Waals surface area contributed by atoms with Crippen LogP contribution < -0.4 is 10.1 Å². The van der Waals surface area contributed by atoms with Crippen LogP contribution in [0, 0.1) is 12.3 Å². The molecule has 0 atom stereocenters. The van der Waals surface area contributed by atoms with Crippen LogP contribution >= 0.6 is 0 Å². The van der Waals surface area contributed by atoms with E-state index in [9.17, 15) is 4.79 Å². The van der Waals surface area contributed by atoms with Crippen LogP contribution in [0.25, 0.3) is 10.8 Å². The highest BCUT2D eigenvalue weighted by Crippen LogP contribution is 2.24. The number of nitrogens with one attached hydrogen (secondary N) is 1. The van der Waals surface area contributed by atoms with Crippen LogP contribution in [0.15, 0.2) is 36.4 Å². The van der Waals surface area contributed by atoms with Gasteiger partial charge in [0, 0.05) is 6.54 Å². The number of benzene rings is 2. The van der Waals surface area contributed by atoms with Gasteiger partial charge in [0.2, 0.25) is 6.41 Å². The van der Waals surface area contributed by atoms with Crippen molar-refractivity contribution < 1.29 is 9.53 Å². The van der Waals surface area contributed by atoms with Crippen LogP contribution in [-0.2, 0) is 11.2 Å². The van der Waals surface area contributed by atoms with Gasteiger partial charge in [0.25, 0.3) is 0 Å². The van der Waals surface area contributed by atoms with Crippen molar-refractivity contribution in [3.63, 3.8) is 0 Å². The van der Waals surface area contributed by atoms with Gasteiger partial charge in [0.05, 0.1) is 0 Å². The predicted molar refractivity (Wildman–Crippen MR) is 76.0 cm³/mol. The Balaban J connectivity index is 2.29. The highest BCUT2D eigenvalue weighted by Gasteiger charge is 2.02. The van der Waals surface area contributed by atoms with E-state index in [1.807, 2.05) is 24.3 Å². The Hall–Kier alpha value is -2.47. The number of rotatable bonds is 6. The van der Waals surface area contributed by atoms with Crippen molar-refractivity contribution in [1.29, 1.82) is 0 Å². The van der Waals surface area contributed by atoms with E-state index >= 15 is 0 Å². The van der Waals surface area contributed by atoms with E-state index in [0.717, 1.165) is 22.9 Å². The fraction of sp³-hybridized carbons (Fsp3) is 0.188. The summed E-state index contributed by atoms with van der Waals surface area (Å²) < 4.78 is 5.44. The molecule has 0 saturated heterocycles.